The lowest BCUT2D eigenvalue weighted by molar-refractivity contribution is 0.585. The predicted octanol–water partition coefficient (Wildman–Crippen LogP) is 1.96. The largest absolute Gasteiger partial charge is 0.369 e. The molecule has 2 rings (SSSR count). The molecule has 1 N–H and O–H groups in total. The highest BCUT2D eigenvalue weighted by Crippen LogP contribution is 2.30. The lowest BCUT2D eigenvalue weighted by Gasteiger charge is -2.32. The zero-order valence-electron chi connectivity index (χ0n) is 11.2. The van der Waals surface area contributed by atoms with Crippen molar-refractivity contribution in [1.82, 2.24) is 5.32 Å². The Hall–Kier alpha value is -0.590. The smallest absolute Gasteiger partial charge is 0.153 e. The number of rotatable bonds is 3. The first kappa shape index (κ1) is 14.8. The summed E-state index contributed by atoms with van der Waals surface area (Å²) in [4.78, 5) is 2.16. The summed E-state index contributed by atoms with van der Waals surface area (Å²) in [5, 5.41) is 3.24. The number of hydrogen-bond donors (Lipinski definition) is 1. The van der Waals surface area contributed by atoms with Gasteiger partial charge in [-0.1, -0.05) is 15.9 Å². The lowest BCUT2D eigenvalue weighted by Crippen LogP contribution is -2.41. The van der Waals surface area contributed by atoms with Crippen molar-refractivity contribution in [1.29, 1.82) is 0 Å². The van der Waals surface area contributed by atoms with E-state index in [-0.39, 0.29) is 17.5 Å². The molecule has 1 atom stereocenters. The Morgan fingerprint density at radius 1 is 1.32 bits per heavy atom. The molecule has 1 aliphatic heterocycles. The number of halogens is 1. The highest BCUT2D eigenvalue weighted by atomic mass is 79.9. The van der Waals surface area contributed by atoms with Crippen LogP contribution in [0.3, 0.4) is 0 Å². The van der Waals surface area contributed by atoms with Crippen molar-refractivity contribution < 1.29 is 8.42 Å². The minimum atomic E-state index is -2.84. The van der Waals surface area contributed by atoms with Crippen LogP contribution in [0.5, 0.6) is 0 Å². The van der Waals surface area contributed by atoms with Gasteiger partial charge in [0.15, 0.2) is 9.84 Å². The first-order valence-corrected chi connectivity index (χ1v) is 8.96. The van der Waals surface area contributed by atoms with Crippen LogP contribution in [0.1, 0.15) is 18.5 Å². The Balaban J connectivity index is 2.29. The first-order valence-electron chi connectivity index (χ1n) is 6.35. The van der Waals surface area contributed by atoms with Gasteiger partial charge in [-0.2, -0.15) is 0 Å². The van der Waals surface area contributed by atoms with Gasteiger partial charge in [0.25, 0.3) is 0 Å². The van der Waals surface area contributed by atoms with Gasteiger partial charge in [-0.3, -0.25) is 0 Å². The van der Waals surface area contributed by atoms with Crippen molar-refractivity contribution in [3.63, 3.8) is 0 Å². The average Bonchev–Trinajstić information content (AvgIpc) is 2.38. The van der Waals surface area contributed by atoms with Crippen LogP contribution in [0.25, 0.3) is 0 Å². The van der Waals surface area contributed by atoms with Crippen LogP contribution in [-0.2, 0) is 9.84 Å². The van der Waals surface area contributed by atoms with Gasteiger partial charge in [-0.05, 0) is 37.7 Å². The fourth-order valence-corrected chi connectivity index (χ4v) is 3.85. The summed E-state index contributed by atoms with van der Waals surface area (Å²) in [6.45, 7) is 3.26. The maximum absolute atomic E-state index is 11.5. The topological polar surface area (TPSA) is 49.4 Å². The third-order valence-corrected chi connectivity index (χ3v) is 5.68. The summed E-state index contributed by atoms with van der Waals surface area (Å²) in [6, 6.07) is 6.39. The molecule has 0 bridgehead atoms. The van der Waals surface area contributed by atoms with Crippen LogP contribution in [0.2, 0.25) is 0 Å². The molecule has 0 radical (unpaired) electrons. The van der Waals surface area contributed by atoms with Gasteiger partial charge in [0.05, 0.1) is 11.5 Å². The molecule has 6 heteroatoms. The molecule has 1 heterocycles. The second-order valence-corrected chi connectivity index (χ2v) is 8.07. The number of sulfone groups is 1. The van der Waals surface area contributed by atoms with E-state index in [2.05, 4.69) is 45.2 Å². The molecule has 0 amide bonds. The molecule has 0 saturated carbocycles. The maximum Gasteiger partial charge on any atom is 0.153 e. The SMILES string of the molecule is CNC(C)c1cc(Br)ccc1N1CCS(=O)(=O)CC1. The highest BCUT2D eigenvalue weighted by Gasteiger charge is 2.24. The molecule has 1 aliphatic rings. The zero-order chi connectivity index (χ0) is 14.0. The standard InChI is InChI=1S/C13H19BrN2O2S/c1-10(15-2)12-9-11(14)3-4-13(12)16-5-7-19(17,18)8-6-16/h3-4,9-10,15H,5-8H2,1-2H3. The normalized spacial score (nSPS) is 20.3. The fraction of sp³-hybridized carbons (Fsp3) is 0.538. The van der Waals surface area contributed by atoms with Crippen molar-refractivity contribution in [2.45, 2.75) is 13.0 Å². The molecule has 19 heavy (non-hydrogen) atoms. The van der Waals surface area contributed by atoms with Gasteiger partial charge in [-0.15, -0.1) is 0 Å². The quantitative estimate of drug-likeness (QED) is 0.908. The average molecular weight is 347 g/mol. The second-order valence-electron chi connectivity index (χ2n) is 4.85. The third kappa shape index (κ3) is 3.49. The number of benzene rings is 1. The Labute approximate surface area is 123 Å². The van der Waals surface area contributed by atoms with Gasteiger partial charge < -0.3 is 10.2 Å². The third-order valence-electron chi connectivity index (χ3n) is 3.57. The minimum absolute atomic E-state index is 0.228. The van der Waals surface area contributed by atoms with Gasteiger partial charge in [0.2, 0.25) is 0 Å². The molecule has 1 aromatic carbocycles. The molecule has 1 fully saturated rings. The van der Waals surface area contributed by atoms with Crippen LogP contribution >= 0.6 is 15.9 Å². The molecule has 0 aromatic heterocycles. The summed E-state index contributed by atoms with van der Waals surface area (Å²) in [7, 11) is -0.910. The molecule has 4 nitrogen and oxygen atoms in total. The van der Waals surface area contributed by atoms with Gasteiger partial charge >= 0.3 is 0 Å². The summed E-state index contributed by atoms with van der Waals surface area (Å²) >= 11 is 3.49. The van der Waals surface area contributed by atoms with Gasteiger partial charge in [-0.25, -0.2) is 8.42 Å². The molecule has 1 unspecified atom stereocenters. The monoisotopic (exact) mass is 346 g/mol. The van der Waals surface area contributed by atoms with Crippen molar-refractivity contribution in [2.24, 2.45) is 0 Å². The van der Waals surface area contributed by atoms with Crippen LogP contribution in [0.15, 0.2) is 22.7 Å². The minimum Gasteiger partial charge on any atom is -0.369 e. The predicted molar refractivity (Wildman–Crippen MR) is 82.5 cm³/mol. The second kappa shape index (κ2) is 5.81. The van der Waals surface area contributed by atoms with E-state index >= 15 is 0 Å². The summed E-state index contributed by atoms with van der Waals surface area (Å²) in [5.41, 5.74) is 2.32. The van der Waals surface area contributed by atoms with Crippen molar-refractivity contribution in [3.05, 3.63) is 28.2 Å². The Bertz CT molecular complexity index is 546. The number of hydrogen-bond acceptors (Lipinski definition) is 4. The Kier molecular flexibility index (Phi) is 4.53. The maximum atomic E-state index is 11.5. The van der Waals surface area contributed by atoms with E-state index in [1.54, 1.807) is 0 Å². The molecule has 1 aromatic rings. The van der Waals surface area contributed by atoms with Crippen LogP contribution < -0.4 is 10.2 Å². The molecule has 106 valence electrons. The molecular weight excluding hydrogens is 328 g/mol. The molecule has 1 saturated heterocycles. The lowest BCUT2D eigenvalue weighted by atomic mass is 10.1. The molecular formula is C13H19BrN2O2S. The van der Waals surface area contributed by atoms with E-state index in [0.717, 1.165) is 10.2 Å². The number of nitrogens with one attached hydrogen (secondary N) is 1. The zero-order valence-corrected chi connectivity index (χ0v) is 13.6. The van der Waals surface area contributed by atoms with Crippen LogP contribution in [0.4, 0.5) is 5.69 Å². The van der Waals surface area contributed by atoms with E-state index in [9.17, 15) is 8.42 Å². The highest BCUT2D eigenvalue weighted by molar-refractivity contribution is 9.10. The summed E-state index contributed by atoms with van der Waals surface area (Å²) < 4.78 is 24.1. The first-order chi connectivity index (χ1) is 8.93. The van der Waals surface area contributed by atoms with Crippen LogP contribution in [0, 0.1) is 0 Å². The van der Waals surface area contributed by atoms with E-state index in [1.165, 1.54) is 5.56 Å². The fourth-order valence-electron chi connectivity index (χ4n) is 2.27. The summed E-state index contributed by atoms with van der Waals surface area (Å²) in [5.74, 6) is 0.493. The Morgan fingerprint density at radius 3 is 2.53 bits per heavy atom. The van der Waals surface area contributed by atoms with E-state index in [0.29, 0.717) is 13.1 Å². The Morgan fingerprint density at radius 2 is 1.95 bits per heavy atom. The van der Waals surface area contributed by atoms with Crippen molar-refractivity contribution in [2.75, 3.05) is 36.5 Å². The number of nitrogens with zero attached hydrogens (tertiary/aromatic N) is 1. The van der Waals surface area contributed by atoms with Crippen LogP contribution in [-0.4, -0.2) is 40.1 Å². The van der Waals surface area contributed by atoms with Crippen molar-refractivity contribution in [3.8, 4) is 0 Å². The molecule has 0 spiro atoms. The molecule has 0 aliphatic carbocycles. The van der Waals surface area contributed by atoms with E-state index in [4.69, 9.17) is 0 Å². The van der Waals surface area contributed by atoms with Crippen molar-refractivity contribution >= 4 is 31.5 Å². The van der Waals surface area contributed by atoms with E-state index < -0.39 is 9.84 Å². The van der Waals surface area contributed by atoms with Gasteiger partial charge in [0, 0.05) is 29.3 Å². The van der Waals surface area contributed by atoms with Gasteiger partial charge in [0.1, 0.15) is 0 Å². The summed E-state index contributed by atoms with van der Waals surface area (Å²) in [6.07, 6.45) is 0. The number of anilines is 1. The van der Waals surface area contributed by atoms with E-state index in [1.807, 2.05) is 13.1 Å².